The van der Waals surface area contributed by atoms with Gasteiger partial charge in [0.1, 0.15) is 12.4 Å². The molecule has 1 rings (SSSR count). The molecule has 0 aromatic carbocycles. The van der Waals surface area contributed by atoms with Crippen LogP contribution in [0.15, 0.2) is 18.2 Å². The van der Waals surface area contributed by atoms with Gasteiger partial charge in [0.15, 0.2) is 0 Å². The normalized spacial score (nSPS) is 10.9. The number of ether oxygens (including phenoxy) is 1. The Morgan fingerprint density at radius 3 is 2.87 bits per heavy atom. The molecule has 0 amide bonds. The fraction of sp³-hybridized carbons (Fsp3) is 0.455. The minimum atomic E-state index is 0.497. The van der Waals surface area contributed by atoms with Crippen molar-refractivity contribution in [2.45, 2.75) is 20.3 Å². The van der Waals surface area contributed by atoms with Crippen LogP contribution in [0.2, 0.25) is 0 Å². The largest absolute Gasteiger partial charge is 0.473 e. The van der Waals surface area contributed by atoms with E-state index in [0.29, 0.717) is 19.0 Å². The Hall–Kier alpha value is -1.42. The monoisotopic (exact) mass is 207 g/mol. The number of hydrogen-bond acceptors (Lipinski definition) is 4. The van der Waals surface area contributed by atoms with Crippen molar-refractivity contribution in [1.82, 2.24) is 9.97 Å². The van der Waals surface area contributed by atoms with E-state index in [-0.39, 0.29) is 0 Å². The highest BCUT2D eigenvalue weighted by Crippen LogP contribution is 2.09. The van der Waals surface area contributed by atoms with Crippen molar-refractivity contribution >= 4 is 0 Å². The van der Waals surface area contributed by atoms with Gasteiger partial charge in [0, 0.05) is 24.7 Å². The van der Waals surface area contributed by atoms with Gasteiger partial charge in [0.2, 0.25) is 5.88 Å². The molecule has 0 spiro atoms. The summed E-state index contributed by atoms with van der Waals surface area (Å²) in [6.45, 7) is 4.99. The standard InChI is InChI=1S/C11H17N3O/c1-3-10-13-9(2)8-11(14-10)15-7-5-4-6-12/h4-5,8H,3,6-7,12H2,1-2H3. The van der Waals surface area contributed by atoms with Crippen molar-refractivity contribution in [3.05, 3.63) is 29.7 Å². The molecule has 0 aliphatic carbocycles. The number of rotatable bonds is 5. The molecule has 0 unspecified atom stereocenters. The molecule has 1 aromatic heterocycles. The lowest BCUT2D eigenvalue weighted by atomic mass is 10.4. The summed E-state index contributed by atoms with van der Waals surface area (Å²) in [7, 11) is 0. The molecule has 1 heterocycles. The molecule has 82 valence electrons. The van der Waals surface area contributed by atoms with Crippen molar-refractivity contribution in [2.24, 2.45) is 5.73 Å². The van der Waals surface area contributed by atoms with E-state index in [1.807, 2.05) is 32.1 Å². The molecule has 0 aliphatic rings. The third-order valence-electron chi connectivity index (χ3n) is 1.82. The summed E-state index contributed by atoms with van der Waals surface area (Å²) in [5.41, 5.74) is 6.24. The predicted molar refractivity (Wildman–Crippen MR) is 59.8 cm³/mol. The molecule has 0 radical (unpaired) electrons. The Balaban J connectivity index is 2.60. The zero-order valence-corrected chi connectivity index (χ0v) is 9.23. The van der Waals surface area contributed by atoms with E-state index < -0.39 is 0 Å². The maximum Gasteiger partial charge on any atom is 0.217 e. The van der Waals surface area contributed by atoms with Crippen LogP contribution in [0.25, 0.3) is 0 Å². The van der Waals surface area contributed by atoms with Crippen LogP contribution in [-0.2, 0) is 6.42 Å². The summed E-state index contributed by atoms with van der Waals surface area (Å²) < 4.78 is 5.44. The Bertz CT molecular complexity index is 337. The molecule has 0 atom stereocenters. The molecule has 0 bridgehead atoms. The van der Waals surface area contributed by atoms with Gasteiger partial charge in [-0.25, -0.2) is 4.98 Å². The second-order valence-electron chi connectivity index (χ2n) is 3.14. The summed E-state index contributed by atoms with van der Waals surface area (Å²) in [6, 6.07) is 1.83. The zero-order chi connectivity index (χ0) is 11.1. The second-order valence-corrected chi connectivity index (χ2v) is 3.14. The van der Waals surface area contributed by atoms with Crippen molar-refractivity contribution in [1.29, 1.82) is 0 Å². The van der Waals surface area contributed by atoms with Crippen LogP contribution < -0.4 is 10.5 Å². The maximum atomic E-state index is 5.44. The van der Waals surface area contributed by atoms with E-state index in [2.05, 4.69) is 9.97 Å². The fourth-order valence-electron chi connectivity index (χ4n) is 1.13. The fourth-order valence-corrected chi connectivity index (χ4v) is 1.13. The van der Waals surface area contributed by atoms with Gasteiger partial charge in [0.05, 0.1) is 0 Å². The summed E-state index contributed by atoms with van der Waals surface area (Å²) in [5.74, 6) is 1.44. The molecule has 2 N–H and O–H groups in total. The quantitative estimate of drug-likeness (QED) is 0.738. The molecule has 4 heteroatoms. The average molecular weight is 207 g/mol. The highest BCUT2D eigenvalue weighted by molar-refractivity contribution is 5.15. The Morgan fingerprint density at radius 2 is 2.20 bits per heavy atom. The molecule has 1 aromatic rings. The van der Waals surface area contributed by atoms with Gasteiger partial charge in [-0.05, 0) is 6.92 Å². The first-order valence-corrected chi connectivity index (χ1v) is 5.08. The van der Waals surface area contributed by atoms with Gasteiger partial charge in [-0.1, -0.05) is 19.1 Å². The molecule has 4 nitrogen and oxygen atoms in total. The number of nitrogens with zero attached hydrogens (tertiary/aromatic N) is 2. The predicted octanol–water partition coefficient (Wildman–Crippen LogP) is 1.24. The van der Waals surface area contributed by atoms with E-state index >= 15 is 0 Å². The van der Waals surface area contributed by atoms with E-state index in [4.69, 9.17) is 10.5 Å². The van der Waals surface area contributed by atoms with Crippen molar-refractivity contribution in [3.63, 3.8) is 0 Å². The van der Waals surface area contributed by atoms with Crippen LogP contribution in [0.5, 0.6) is 5.88 Å². The first-order chi connectivity index (χ1) is 7.26. The molecular formula is C11H17N3O. The average Bonchev–Trinajstić information content (AvgIpc) is 2.23. The first-order valence-electron chi connectivity index (χ1n) is 5.08. The summed E-state index contributed by atoms with van der Waals surface area (Å²) >= 11 is 0. The minimum Gasteiger partial charge on any atom is -0.473 e. The van der Waals surface area contributed by atoms with Crippen molar-refractivity contribution in [2.75, 3.05) is 13.2 Å². The van der Waals surface area contributed by atoms with E-state index in [1.54, 1.807) is 0 Å². The number of aryl methyl sites for hydroxylation is 2. The second kappa shape index (κ2) is 6.14. The van der Waals surface area contributed by atoms with Crippen LogP contribution in [-0.4, -0.2) is 23.1 Å². The molecule has 0 fully saturated rings. The van der Waals surface area contributed by atoms with E-state index in [9.17, 15) is 0 Å². The molecular weight excluding hydrogens is 190 g/mol. The van der Waals surface area contributed by atoms with Gasteiger partial charge in [-0.2, -0.15) is 4.98 Å². The maximum absolute atomic E-state index is 5.44. The summed E-state index contributed by atoms with van der Waals surface area (Å²) in [5, 5.41) is 0. The SMILES string of the molecule is CCc1nc(C)cc(OCC=CCN)n1. The number of aromatic nitrogens is 2. The summed E-state index contributed by atoms with van der Waals surface area (Å²) in [4.78, 5) is 8.52. The number of nitrogens with two attached hydrogens (primary N) is 1. The van der Waals surface area contributed by atoms with Crippen LogP contribution >= 0.6 is 0 Å². The Labute approximate surface area is 90.2 Å². The molecule has 0 aliphatic heterocycles. The van der Waals surface area contributed by atoms with Crippen molar-refractivity contribution < 1.29 is 4.74 Å². The lowest BCUT2D eigenvalue weighted by Crippen LogP contribution is -2.02. The minimum absolute atomic E-state index is 0.497. The third kappa shape index (κ3) is 4.08. The summed E-state index contributed by atoms with van der Waals surface area (Å²) in [6.07, 6.45) is 4.55. The topological polar surface area (TPSA) is 61.0 Å². The molecule has 0 saturated carbocycles. The number of hydrogen-bond donors (Lipinski definition) is 1. The zero-order valence-electron chi connectivity index (χ0n) is 9.23. The van der Waals surface area contributed by atoms with Crippen molar-refractivity contribution in [3.8, 4) is 5.88 Å². The lowest BCUT2D eigenvalue weighted by molar-refractivity contribution is 0.345. The third-order valence-corrected chi connectivity index (χ3v) is 1.82. The van der Waals surface area contributed by atoms with Gasteiger partial charge in [-0.3, -0.25) is 0 Å². The van der Waals surface area contributed by atoms with Crippen LogP contribution in [0.4, 0.5) is 0 Å². The van der Waals surface area contributed by atoms with Crippen LogP contribution in [0.1, 0.15) is 18.4 Å². The highest BCUT2D eigenvalue weighted by Gasteiger charge is 2.00. The van der Waals surface area contributed by atoms with E-state index in [1.165, 1.54) is 0 Å². The first kappa shape index (κ1) is 11.7. The van der Waals surface area contributed by atoms with Gasteiger partial charge < -0.3 is 10.5 Å². The Kier molecular flexibility index (Phi) is 4.77. The van der Waals surface area contributed by atoms with Gasteiger partial charge in [0.25, 0.3) is 0 Å². The van der Waals surface area contributed by atoms with Gasteiger partial charge >= 0.3 is 0 Å². The highest BCUT2D eigenvalue weighted by atomic mass is 16.5. The molecule has 0 saturated heterocycles. The van der Waals surface area contributed by atoms with Gasteiger partial charge in [-0.15, -0.1) is 0 Å². The lowest BCUT2D eigenvalue weighted by Gasteiger charge is -2.04. The Morgan fingerprint density at radius 1 is 1.40 bits per heavy atom. The van der Waals surface area contributed by atoms with Crippen LogP contribution in [0.3, 0.4) is 0 Å². The molecule has 15 heavy (non-hydrogen) atoms. The smallest absolute Gasteiger partial charge is 0.217 e. The van der Waals surface area contributed by atoms with E-state index in [0.717, 1.165) is 17.9 Å². The van der Waals surface area contributed by atoms with Crippen LogP contribution in [0, 0.1) is 6.92 Å².